The van der Waals surface area contributed by atoms with Crippen LogP contribution in [-0.2, 0) is 20.3 Å². The van der Waals surface area contributed by atoms with Gasteiger partial charge in [0.05, 0.1) is 0 Å². The summed E-state index contributed by atoms with van der Waals surface area (Å²) >= 11 is 2.59. The van der Waals surface area contributed by atoms with Crippen LogP contribution in [0.15, 0.2) is 83.6 Å². The van der Waals surface area contributed by atoms with E-state index in [1.165, 1.54) is 22.7 Å². The molecule has 0 unspecified atom stereocenters. The molecule has 0 saturated heterocycles. The molecular formula is C32H32O4S2. The maximum atomic E-state index is 13.2. The molecule has 0 aliphatic rings. The van der Waals surface area contributed by atoms with Gasteiger partial charge in [-0.1, -0.05) is 102 Å². The molecule has 0 bridgehead atoms. The summed E-state index contributed by atoms with van der Waals surface area (Å²) < 4.78 is 12.0. The lowest BCUT2D eigenvalue weighted by molar-refractivity contribution is 0.0652. The van der Waals surface area contributed by atoms with E-state index < -0.39 is 11.9 Å². The minimum Gasteiger partial charge on any atom is -0.418 e. The average Bonchev–Trinajstić information content (AvgIpc) is 3.60. The standard InChI is InChI=1S/C32H32O4S2/c1-31(2,3)23-15-11-21(12-16-23)27(35-29(33)25-9-7-19-37-25)28(36-30(34)26-10-8-20-38-26)22-13-17-24(18-14-22)32(4,5)6/h7-20H,1-6H3. The zero-order valence-electron chi connectivity index (χ0n) is 22.5. The van der Waals surface area contributed by atoms with Gasteiger partial charge in [-0.05, 0) is 44.8 Å². The molecule has 0 aliphatic heterocycles. The van der Waals surface area contributed by atoms with E-state index in [-0.39, 0.29) is 22.3 Å². The first-order valence-electron chi connectivity index (χ1n) is 12.4. The van der Waals surface area contributed by atoms with E-state index >= 15 is 0 Å². The van der Waals surface area contributed by atoms with Crippen LogP contribution >= 0.6 is 22.7 Å². The van der Waals surface area contributed by atoms with Crippen molar-refractivity contribution in [1.82, 2.24) is 0 Å². The summed E-state index contributed by atoms with van der Waals surface area (Å²) in [5.41, 5.74) is 3.45. The second-order valence-corrected chi connectivity index (χ2v) is 12.9. The van der Waals surface area contributed by atoms with E-state index in [1.807, 2.05) is 59.3 Å². The highest BCUT2D eigenvalue weighted by Crippen LogP contribution is 2.34. The predicted octanol–water partition coefficient (Wildman–Crippen LogP) is 8.94. The van der Waals surface area contributed by atoms with Gasteiger partial charge in [0.2, 0.25) is 0 Å². The fourth-order valence-corrected chi connectivity index (χ4v) is 4.99. The minimum atomic E-state index is -0.508. The van der Waals surface area contributed by atoms with Crippen molar-refractivity contribution in [2.75, 3.05) is 0 Å². The van der Waals surface area contributed by atoms with Gasteiger partial charge in [-0.25, -0.2) is 9.59 Å². The third-order valence-corrected chi connectivity index (χ3v) is 7.77. The van der Waals surface area contributed by atoms with Gasteiger partial charge >= 0.3 is 11.9 Å². The van der Waals surface area contributed by atoms with Gasteiger partial charge in [0.25, 0.3) is 0 Å². The van der Waals surface area contributed by atoms with Gasteiger partial charge in [0, 0.05) is 11.1 Å². The van der Waals surface area contributed by atoms with E-state index in [1.54, 1.807) is 24.3 Å². The van der Waals surface area contributed by atoms with Crippen molar-refractivity contribution in [3.63, 3.8) is 0 Å². The molecule has 0 amide bonds. The van der Waals surface area contributed by atoms with Crippen molar-refractivity contribution in [2.45, 2.75) is 52.4 Å². The SMILES string of the molecule is CC(C)(C)c1ccc(C(OC(=O)c2cccs2)=C(OC(=O)c2cccs2)c2ccc(C(C)(C)C)cc2)cc1. The number of hydrogen-bond acceptors (Lipinski definition) is 6. The Morgan fingerprint density at radius 3 is 1.16 bits per heavy atom. The molecule has 196 valence electrons. The monoisotopic (exact) mass is 544 g/mol. The molecule has 0 saturated carbocycles. The van der Waals surface area contributed by atoms with Crippen LogP contribution in [0.3, 0.4) is 0 Å². The molecule has 0 N–H and O–H groups in total. The van der Waals surface area contributed by atoms with Crippen LogP contribution in [0.1, 0.15) is 83.1 Å². The van der Waals surface area contributed by atoms with E-state index in [2.05, 4.69) is 41.5 Å². The number of ether oxygens (including phenoxy) is 2. The van der Waals surface area contributed by atoms with Crippen LogP contribution in [-0.4, -0.2) is 11.9 Å². The molecule has 0 atom stereocenters. The molecule has 38 heavy (non-hydrogen) atoms. The summed E-state index contributed by atoms with van der Waals surface area (Å²) in [6.07, 6.45) is 0. The summed E-state index contributed by atoms with van der Waals surface area (Å²) in [5.74, 6) is -0.633. The molecule has 0 fully saturated rings. The van der Waals surface area contributed by atoms with Crippen molar-refractivity contribution >= 4 is 46.1 Å². The van der Waals surface area contributed by atoms with E-state index in [0.29, 0.717) is 20.9 Å². The Balaban J connectivity index is 1.89. The van der Waals surface area contributed by atoms with Crippen LogP contribution in [0.4, 0.5) is 0 Å². The zero-order valence-corrected chi connectivity index (χ0v) is 24.2. The first-order chi connectivity index (χ1) is 17.9. The minimum absolute atomic E-state index is 0.0483. The van der Waals surface area contributed by atoms with Crippen molar-refractivity contribution in [1.29, 1.82) is 0 Å². The molecule has 0 aliphatic carbocycles. The number of thiophene rings is 2. The first kappa shape index (κ1) is 27.6. The van der Waals surface area contributed by atoms with Crippen LogP contribution in [0, 0.1) is 0 Å². The van der Waals surface area contributed by atoms with Gasteiger partial charge in [-0.15, -0.1) is 22.7 Å². The second-order valence-electron chi connectivity index (χ2n) is 11.0. The summed E-state index contributed by atoms with van der Waals surface area (Å²) in [6, 6.07) is 22.7. The summed E-state index contributed by atoms with van der Waals surface area (Å²) in [7, 11) is 0. The van der Waals surface area contributed by atoms with Crippen molar-refractivity contribution < 1.29 is 19.1 Å². The van der Waals surface area contributed by atoms with E-state index in [0.717, 1.165) is 11.1 Å². The fourth-order valence-electron chi connectivity index (χ4n) is 3.79. The molecule has 4 aromatic rings. The molecular weight excluding hydrogens is 512 g/mol. The number of esters is 2. The lowest BCUT2D eigenvalue weighted by atomic mass is 9.86. The molecule has 6 heteroatoms. The Kier molecular flexibility index (Phi) is 8.05. The Morgan fingerprint density at radius 2 is 0.895 bits per heavy atom. The molecule has 0 spiro atoms. The molecule has 4 rings (SSSR count). The molecule has 2 aromatic carbocycles. The lowest BCUT2D eigenvalue weighted by Gasteiger charge is -2.21. The first-order valence-corrected chi connectivity index (χ1v) is 14.2. The number of benzene rings is 2. The van der Waals surface area contributed by atoms with Crippen molar-refractivity contribution in [3.8, 4) is 0 Å². The zero-order chi connectivity index (χ0) is 27.5. The number of rotatable bonds is 6. The third-order valence-electron chi connectivity index (χ3n) is 6.07. The number of carbonyl (C=O) groups is 2. The highest BCUT2D eigenvalue weighted by atomic mass is 32.1. The second kappa shape index (κ2) is 11.1. The smallest absolute Gasteiger partial charge is 0.353 e. The van der Waals surface area contributed by atoms with Crippen molar-refractivity contribution in [2.24, 2.45) is 0 Å². The summed E-state index contributed by atoms with van der Waals surface area (Å²) in [6.45, 7) is 12.8. The normalized spacial score (nSPS) is 12.6. The van der Waals surface area contributed by atoms with E-state index in [4.69, 9.17) is 9.47 Å². The van der Waals surface area contributed by atoms with Gasteiger partial charge in [0.15, 0.2) is 11.5 Å². The maximum absolute atomic E-state index is 13.2. The Hall–Kier alpha value is -3.48. The molecule has 2 heterocycles. The predicted molar refractivity (Wildman–Crippen MR) is 157 cm³/mol. The largest absolute Gasteiger partial charge is 0.418 e. The van der Waals surface area contributed by atoms with E-state index in [9.17, 15) is 9.59 Å². The highest BCUT2D eigenvalue weighted by molar-refractivity contribution is 7.12. The van der Waals surface area contributed by atoms with Gasteiger partial charge < -0.3 is 9.47 Å². The number of hydrogen-bond donors (Lipinski definition) is 0. The van der Waals surface area contributed by atoms with Crippen LogP contribution in [0.5, 0.6) is 0 Å². The molecule has 2 aromatic heterocycles. The quantitative estimate of drug-likeness (QED) is 0.138. The summed E-state index contributed by atoms with van der Waals surface area (Å²) in [4.78, 5) is 27.3. The topological polar surface area (TPSA) is 52.6 Å². The van der Waals surface area contributed by atoms with Crippen LogP contribution in [0.2, 0.25) is 0 Å². The van der Waals surface area contributed by atoms with Gasteiger partial charge in [-0.3, -0.25) is 0 Å². The number of carbonyl (C=O) groups excluding carboxylic acids is 2. The van der Waals surface area contributed by atoms with Crippen molar-refractivity contribution in [3.05, 3.63) is 116 Å². The fraction of sp³-hybridized carbons (Fsp3) is 0.250. The van der Waals surface area contributed by atoms with Gasteiger partial charge in [0.1, 0.15) is 9.75 Å². The Labute approximate surface area is 232 Å². The third kappa shape index (κ3) is 6.50. The Morgan fingerprint density at radius 1 is 0.553 bits per heavy atom. The lowest BCUT2D eigenvalue weighted by Crippen LogP contribution is -2.13. The van der Waals surface area contributed by atoms with Crippen LogP contribution < -0.4 is 0 Å². The maximum Gasteiger partial charge on any atom is 0.353 e. The molecule has 0 radical (unpaired) electrons. The van der Waals surface area contributed by atoms with Crippen LogP contribution in [0.25, 0.3) is 11.5 Å². The average molecular weight is 545 g/mol. The summed E-state index contributed by atoms with van der Waals surface area (Å²) in [5, 5.41) is 3.64. The molecule has 4 nitrogen and oxygen atoms in total. The van der Waals surface area contributed by atoms with Gasteiger partial charge in [-0.2, -0.15) is 0 Å². The highest BCUT2D eigenvalue weighted by Gasteiger charge is 2.25. The Bertz CT molecular complexity index is 1300.